The summed E-state index contributed by atoms with van der Waals surface area (Å²) in [5.74, 6) is 0.332. The first kappa shape index (κ1) is 16.9. The van der Waals surface area contributed by atoms with E-state index in [2.05, 4.69) is 15.5 Å². The summed E-state index contributed by atoms with van der Waals surface area (Å²) in [5, 5.41) is 15.6. The van der Waals surface area contributed by atoms with Gasteiger partial charge < -0.3 is 14.7 Å². The molecule has 1 aliphatic heterocycles. The van der Waals surface area contributed by atoms with E-state index >= 15 is 0 Å². The van der Waals surface area contributed by atoms with Crippen LogP contribution in [0.25, 0.3) is 0 Å². The van der Waals surface area contributed by atoms with Gasteiger partial charge in [-0.2, -0.15) is 10.2 Å². The van der Waals surface area contributed by atoms with Crippen molar-refractivity contribution in [3.05, 3.63) is 41.3 Å². The quantitative estimate of drug-likeness (QED) is 0.900. The zero-order valence-corrected chi connectivity index (χ0v) is 13.8. The molecule has 0 saturated carbocycles. The Hall–Kier alpha value is -2.95. The smallest absolute Gasteiger partial charge is 0.322 e. The summed E-state index contributed by atoms with van der Waals surface area (Å²) in [7, 11) is 0. The van der Waals surface area contributed by atoms with Crippen LogP contribution in [0.3, 0.4) is 0 Å². The van der Waals surface area contributed by atoms with Gasteiger partial charge >= 0.3 is 6.03 Å². The first-order valence-electron chi connectivity index (χ1n) is 8.16. The van der Waals surface area contributed by atoms with Crippen molar-refractivity contribution in [2.24, 2.45) is 0 Å². The molecule has 1 saturated heterocycles. The van der Waals surface area contributed by atoms with E-state index in [-0.39, 0.29) is 17.6 Å². The Labute approximate surface area is 144 Å². The minimum absolute atomic E-state index is 0.112. The van der Waals surface area contributed by atoms with Gasteiger partial charge in [-0.05, 0) is 31.0 Å². The number of nitriles is 1. The molecule has 0 bridgehead atoms. The molecule has 0 spiro atoms. The Morgan fingerprint density at radius 3 is 3.00 bits per heavy atom. The van der Waals surface area contributed by atoms with Gasteiger partial charge in [0.2, 0.25) is 5.89 Å². The number of nitrogens with one attached hydrogen (secondary N) is 1. The maximum absolute atomic E-state index is 13.4. The molecule has 1 N–H and O–H groups in total. The number of hydrogen-bond acceptors (Lipinski definition) is 5. The summed E-state index contributed by atoms with van der Waals surface area (Å²) in [4.78, 5) is 18.7. The Morgan fingerprint density at radius 2 is 2.28 bits per heavy atom. The molecule has 7 nitrogen and oxygen atoms in total. The average Bonchev–Trinajstić information content (AvgIpc) is 2.88. The zero-order chi connectivity index (χ0) is 17.8. The molecule has 25 heavy (non-hydrogen) atoms. The number of halogens is 1. The Kier molecular flexibility index (Phi) is 4.93. The van der Waals surface area contributed by atoms with E-state index in [1.54, 1.807) is 17.9 Å². The number of aromatic nitrogens is 2. The van der Waals surface area contributed by atoms with Crippen LogP contribution in [0.4, 0.5) is 14.9 Å². The molecule has 2 heterocycles. The molecule has 1 aromatic heterocycles. The lowest BCUT2D eigenvalue weighted by Gasteiger charge is -2.28. The van der Waals surface area contributed by atoms with E-state index in [0.717, 1.165) is 31.7 Å². The summed E-state index contributed by atoms with van der Waals surface area (Å²) < 4.78 is 18.5. The Balaban J connectivity index is 1.81. The fourth-order valence-corrected chi connectivity index (χ4v) is 2.95. The largest absolute Gasteiger partial charge is 0.340 e. The molecule has 1 atom stereocenters. The first-order chi connectivity index (χ1) is 12.1. The second kappa shape index (κ2) is 7.30. The van der Waals surface area contributed by atoms with E-state index < -0.39 is 5.82 Å². The lowest BCUT2D eigenvalue weighted by molar-refractivity contribution is 0.184. The van der Waals surface area contributed by atoms with Gasteiger partial charge in [-0.1, -0.05) is 18.0 Å². The van der Waals surface area contributed by atoms with Gasteiger partial charge in [-0.25, -0.2) is 9.18 Å². The van der Waals surface area contributed by atoms with Crippen LogP contribution in [0.2, 0.25) is 0 Å². The van der Waals surface area contributed by atoms with Crippen molar-refractivity contribution in [3.63, 3.8) is 0 Å². The highest BCUT2D eigenvalue weighted by atomic mass is 19.1. The molecule has 3 rings (SSSR count). The molecular formula is C17H18FN5O2. The third kappa shape index (κ3) is 3.76. The van der Waals surface area contributed by atoms with Gasteiger partial charge in [0.1, 0.15) is 11.9 Å². The van der Waals surface area contributed by atoms with Crippen molar-refractivity contribution in [1.82, 2.24) is 15.0 Å². The van der Waals surface area contributed by atoms with Crippen molar-refractivity contribution >= 4 is 11.7 Å². The van der Waals surface area contributed by atoms with Gasteiger partial charge in [-0.15, -0.1) is 0 Å². The number of carbonyl (C=O) groups is 1. The molecule has 0 unspecified atom stereocenters. The van der Waals surface area contributed by atoms with Crippen LogP contribution in [0, 0.1) is 24.1 Å². The number of aryl methyl sites for hydroxylation is 1. The summed E-state index contributed by atoms with van der Waals surface area (Å²) in [6.45, 7) is 2.27. The van der Waals surface area contributed by atoms with Crippen LogP contribution >= 0.6 is 0 Å². The number of amides is 2. The van der Waals surface area contributed by atoms with Crippen molar-refractivity contribution in [1.29, 1.82) is 5.26 Å². The van der Waals surface area contributed by atoms with Crippen molar-refractivity contribution in [2.45, 2.75) is 38.6 Å². The predicted octanol–water partition coefficient (Wildman–Crippen LogP) is 3.54. The monoisotopic (exact) mass is 343 g/mol. The number of carbonyl (C=O) groups excluding carboxylic acids is 1. The van der Waals surface area contributed by atoms with E-state index in [9.17, 15) is 9.18 Å². The Morgan fingerprint density at radius 1 is 1.44 bits per heavy atom. The first-order valence-corrected chi connectivity index (χ1v) is 8.16. The fourth-order valence-electron chi connectivity index (χ4n) is 2.95. The summed E-state index contributed by atoms with van der Waals surface area (Å²) in [5.41, 5.74) is 0.259. The third-order valence-corrected chi connectivity index (χ3v) is 4.19. The summed E-state index contributed by atoms with van der Waals surface area (Å²) in [6, 6.07) is 5.08. The number of benzene rings is 1. The molecule has 130 valence electrons. The highest BCUT2D eigenvalue weighted by Gasteiger charge is 2.30. The predicted molar refractivity (Wildman–Crippen MR) is 87.1 cm³/mol. The van der Waals surface area contributed by atoms with E-state index in [1.807, 2.05) is 0 Å². The molecule has 0 radical (unpaired) electrons. The lowest BCUT2D eigenvalue weighted by atomic mass is 10.1. The number of hydrogen-bond donors (Lipinski definition) is 1. The number of anilines is 1. The molecular weight excluding hydrogens is 325 g/mol. The maximum Gasteiger partial charge on any atom is 0.322 e. The van der Waals surface area contributed by atoms with Gasteiger partial charge in [0, 0.05) is 19.2 Å². The molecule has 2 amide bonds. The maximum atomic E-state index is 13.4. The lowest BCUT2D eigenvalue weighted by Crippen LogP contribution is -2.38. The third-order valence-electron chi connectivity index (χ3n) is 4.19. The van der Waals surface area contributed by atoms with E-state index in [0.29, 0.717) is 23.9 Å². The highest BCUT2D eigenvalue weighted by Crippen LogP contribution is 2.29. The Bertz CT molecular complexity index is 814. The second-order valence-corrected chi connectivity index (χ2v) is 5.97. The summed E-state index contributed by atoms with van der Waals surface area (Å²) in [6.07, 6.45) is 3.62. The van der Waals surface area contributed by atoms with Gasteiger partial charge in [0.15, 0.2) is 5.82 Å². The van der Waals surface area contributed by atoms with Crippen LogP contribution in [0.15, 0.2) is 22.7 Å². The second-order valence-electron chi connectivity index (χ2n) is 5.97. The molecule has 1 aromatic carbocycles. The van der Waals surface area contributed by atoms with Crippen molar-refractivity contribution < 1.29 is 13.7 Å². The topological polar surface area (TPSA) is 95.1 Å². The SMILES string of the molecule is Cc1nc([C@H]2CCCCCN2C(=O)Nc2ccc(F)c(C#N)c2)no1. The fraction of sp³-hybridized carbons (Fsp3) is 0.412. The highest BCUT2D eigenvalue weighted by molar-refractivity contribution is 5.89. The van der Waals surface area contributed by atoms with Crippen LogP contribution in [0.5, 0.6) is 0 Å². The molecule has 1 aliphatic rings. The van der Waals surface area contributed by atoms with Crippen molar-refractivity contribution in [2.75, 3.05) is 11.9 Å². The zero-order valence-electron chi connectivity index (χ0n) is 13.8. The summed E-state index contributed by atoms with van der Waals surface area (Å²) >= 11 is 0. The minimum atomic E-state index is -0.615. The number of nitrogens with zero attached hydrogens (tertiary/aromatic N) is 4. The van der Waals surface area contributed by atoms with Crippen LogP contribution in [-0.2, 0) is 0 Å². The normalized spacial score (nSPS) is 17.6. The van der Waals surface area contributed by atoms with Crippen LogP contribution in [-0.4, -0.2) is 27.6 Å². The standard InChI is InChI=1S/C17H18FN5O2/c1-11-20-16(22-25-11)15-5-3-2-4-8-23(15)17(24)21-13-6-7-14(18)12(9-13)10-19/h6-7,9,15H,2-5,8H2,1H3,(H,21,24)/t15-/m1/s1. The van der Waals surface area contributed by atoms with Crippen LogP contribution < -0.4 is 5.32 Å². The average molecular weight is 343 g/mol. The van der Waals surface area contributed by atoms with E-state index in [1.165, 1.54) is 12.1 Å². The number of rotatable bonds is 2. The van der Waals surface area contributed by atoms with Crippen LogP contribution in [0.1, 0.15) is 49.0 Å². The molecule has 2 aromatic rings. The number of likely N-dealkylation sites (tertiary alicyclic amines) is 1. The van der Waals surface area contributed by atoms with Gasteiger partial charge in [-0.3, -0.25) is 0 Å². The van der Waals surface area contributed by atoms with Gasteiger partial charge in [0.05, 0.1) is 11.6 Å². The molecule has 1 fully saturated rings. The number of urea groups is 1. The van der Waals surface area contributed by atoms with Crippen molar-refractivity contribution in [3.8, 4) is 6.07 Å². The molecule has 8 heteroatoms. The molecule has 0 aliphatic carbocycles. The minimum Gasteiger partial charge on any atom is -0.340 e. The van der Waals surface area contributed by atoms with E-state index in [4.69, 9.17) is 9.78 Å². The van der Waals surface area contributed by atoms with Gasteiger partial charge in [0.25, 0.3) is 0 Å².